The van der Waals surface area contributed by atoms with Gasteiger partial charge in [-0.3, -0.25) is 4.57 Å². The van der Waals surface area contributed by atoms with Crippen LogP contribution in [-0.2, 0) is 0 Å². The number of para-hydroxylation sites is 6. The topological polar surface area (TPSA) is 57.0 Å². The molecule has 10 aromatic rings. The Labute approximate surface area is 256 Å². The predicted octanol–water partition coefficient (Wildman–Crippen LogP) is 10.7. The van der Waals surface area contributed by atoms with E-state index in [4.69, 9.17) is 18.8 Å². The molecule has 210 valence electrons. The molecule has 45 heavy (non-hydrogen) atoms. The van der Waals surface area contributed by atoms with Crippen molar-refractivity contribution in [3.05, 3.63) is 140 Å². The second kappa shape index (κ2) is 9.15. The number of fused-ring (bicyclic) bond motifs is 9. The second-order valence-corrected chi connectivity index (χ2v) is 11.4. The predicted molar refractivity (Wildman–Crippen MR) is 182 cm³/mol. The molecule has 0 saturated carbocycles. The van der Waals surface area contributed by atoms with Gasteiger partial charge in [-0.05, 0) is 42.5 Å². The van der Waals surface area contributed by atoms with Gasteiger partial charge in [0.2, 0.25) is 5.95 Å². The van der Waals surface area contributed by atoms with Crippen LogP contribution in [0.15, 0.2) is 148 Å². The lowest BCUT2D eigenvalue weighted by Gasteiger charge is -2.12. The fraction of sp³-hybridized carbons (Fsp3) is 0. The number of hydrogen-bond acceptors (Lipinski definition) is 4. The molecular weight excluding hydrogens is 554 g/mol. The monoisotopic (exact) mass is 577 g/mol. The number of nitrogens with zero attached hydrogens (tertiary/aromatic N) is 3. The number of aromatic nitrogens is 3. The molecule has 0 spiro atoms. The molecule has 0 radical (unpaired) electrons. The summed E-state index contributed by atoms with van der Waals surface area (Å²) in [6.07, 6.45) is 0. The Kier molecular flexibility index (Phi) is 4.93. The van der Waals surface area contributed by atoms with Crippen molar-refractivity contribution in [2.45, 2.75) is 0 Å². The largest absolute Gasteiger partial charge is 0.455 e. The van der Waals surface area contributed by atoms with Gasteiger partial charge in [-0.1, -0.05) is 97.1 Å². The molecular formula is C40H23N3O2. The summed E-state index contributed by atoms with van der Waals surface area (Å²) in [6.45, 7) is 0. The normalized spacial score (nSPS) is 12.0. The number of furan rings is 2. The van der Waals surface area contributed by atoms with Crippen LogP contribution < -0.4 is 0 Å². The quantitative estimate of drug-likeness (QED) is 0.210. The molecule has 0 amide bonds. The Hall–Kier alpha value is -6.20. The highest BCUT2D eigenvalue weighted by Gasteiger charge is 2.21. The molecule has 4 aromatic heterocycles. The Balaban J connectivity index is 1.32. The van der Waals surface area contributed by atoms with Gasteiger partial charge in [-0.15, -0.1) is 0 Å². The summed E-state index contributed by atoms with van der Waals surface area (Å²) >= 11 is 0. The smallest absolute Gasteiger partial charge is 0.235 e. The lowest BCUT2D eigenvalue weighted by Crippen LogP contribution is -2.04. The van der Waals surface area contributed by atoms with Gasteiger partial charge in [0.05, 0.1) is 22.4 Å². The van der Waals surface area contributed by atoms with Gasteiger partial charge in [-0.2, -0.15) is 0 Å². The third-order valence-corrected chi connectivity index (χ3v) is 8.85. The Morgan fingerprint density at radius 1 is 0.400 bits per heavy atom. The van der Waals surface area contributed by atoms with E-state index < -0.39 is 0 Å². The van der Waals surface area contributed by atoms with Crippen molar-refractivity contribution in [2.75, 3.05) is 0 Å². The maximum absolute atomic E-state index is 6.48. The zero-order valence-electron chi connectivity index (χ0n) is 23.9. The molecule has 0 fully saturated rings. The van der Waals surface area contributed by atoms with E-state index in [-0.39, 0.29) is 0 Å². The van der Waals surface area contributed by atoms with Crippen molar-refractivity contribution in [2.24, 2.45) is 0 Å². The van der Waals surface area contributed by atoms with E-state index in [0.29, 0.717) is 5.95 Å². The molecule has 0 atom stereocenters. The zero-order chi connectivity index (χ0) is 29.5. The van der Waals surface area contributed by atoms with Gasteiger partial charge in [0.25, 0.3) is 0 Å². The Morgan fingerprint density at radius 2 is 0.822 bits per heavy atom. The maximum Gasteiger partial charge on any atom is 0.235 e. The zero-order valence-corrected chi connectivity index (χ0v) is 23.9. The lowest BCUT2D eigenvalue weighted by atomic mass is 10.0. The molecule has 5 heteroatoms. The van der Waals surface area contributed by atoms with Gasteiger partial charge in [0, 0.05) is 43.4 Å². The van der Waals surface area contributed by atoms with Crippen molar-refractivity contribution in [1.29, 1.82) is 0 Å². The third kappa shape index (κ3) is 3.49. The van der Waals surface area contributed by atoms with E-state index in [1.54, 1.807) is 0 Å². The highest BCUT2D eigenvalue weighted by atomic mass is 16.3. The minimum atomic E-state index is 0.584. The first-order valence-electron chi connectivity index (χ1n) is 15.0. The first kappa shape index (κ1) is 24.3. The SMILES string of the molecule is c1ccc2c(c1)oc1c(-c3cc(-c4cccc5c4oc4ccccc45)nc(-n4c5ccccc5c5ccccc54)n3)cccc12. The fourth-order valence-electron chi connectivity index (χ4n) is 6.85. The van der Waals surface area contributed by atoms with Crippen molar-refractivity contribution >= 4 is 65.7 Å². The summed E-state index contributed by atoms with van der Waals surface area (Å²) in [5.41, 5.74) is 8.77. The van der Waals surface area contributed by atoms with Crippen LogP contribution in [-0.4, -0.2) is 14.5 Å². The molecule has 0 aliphatic rings. The van der Waals surface area contributed by atoms with Gasteiger partial charge in [-0.25, -0.2) is 9.97 Å². The van der Waals surface area contributed by atoms with E-state index >= 15 is 0 Å². The minimum Gasteiger partial charge on any atom is -0.455 e. The summed E-state index contributed by atoms with van der Waals surface area (Å²) in [5, 5.41) is 6.59. The summed E-state index contributed by atoms with van der Waals surface area (Å²) in [7, 11) is 0. The first-order chi connectivity index (χ1) is 22.3. The Morgan fingerprint density at radius 3 is 1.33 bits per heavy atom. The molecule has 0 unspecified atom stereocenters. The molecule has 0 aliphatic carbocycles. The number of benzene rings is 6. The van der Waals surface area contributed by atoms with Crippen LogP contribution in [0.5, 0.6) is 0 Å². The van der Waals surface area contributed by atoms with Crippen LogP contribution in [0, 0.1) is 0 Å². The van der Waals surface area contributed by atoms with Crippen LogP contribution in [0.25, 0.3) is 94.1 Å². The average Bonchev–Trinajstić information content (AvgIpc) is 3.77. The highest BCUT2D eigenvalue weighted by Crippen LogP contribution is 2.40. The van der Waals surface area contributed by atoms with E-state index in [2.05, 4.69) is 108 Å². The minimum absolute atomic E-state index is 0.584. The van der Waals surface area contributed by atoms with Gasteiger partial charge >= 0.3 is 0 Å². The van der Waals surface area contributed by atoms with E-state index in [0.717, 1.165) is 88.2 Å². The van der Waals surface area contributed by atoms with Crippen LogP contribution in [0.1, 0.15) is 0 Å². The maximum atomic E-state index is 6.48. The standard InChI is InChI=1S/C40H23N3O2/c1-5-19-34-24(11-1)25-12-2-6-20-35(25)43(34)40-41-32(30-17-9-15-28-26-13-3-7-21-36(26)44-38(28)30)23-33(42-40)31-18-10-16-29-27-14-4-8-22-37(27)45-39(29)31/h1-23H. The van der Waals surface area contributed by atoms with Crippen molar-refractivity contribution in [3.63, 3.8) is 0 Å². The van der Waals surface area contributed by atoms with E-state index in [9.17, 15) is 0 Å². The van der Waals surface area contributed by atoms with Crippen LogP contribution >= 0.6 is 0 Å². The van der Waals surface area contributed by atoms with Crippen LogP contribution in [0.3, 0.4) is 0 Å². The summed E-state index contributed by atoms with van der Waals surface area (Å²) in [4.78, 5) is 10.6. The van der Waals surface area contributed by atoms with Gasteiger partial charge < -0.3 is 8.83 Å². The first-order valence-corrected chi connectivity index (χ1v) is 15.0. The molecule has 5 nitrogen and oxygen atoms in total. The van der Waals surface area contributed by atoms with Crippen molar-refractivity contribution < 1.29 is 8.83 Å². The molecule has 4 heterocycles. The third-order valence-electron chi connectivity index (χ3n) is 8.85. The lowest BCUT2D eigenvalue weighted by molar-refractivity contribution is 0.669. The van der Waals surface area contributed by atoms with Gasteiger partial charge in [0.15, 0.2) is 0 Å². The highest BCUT2D eigenvalue weighted by molar-refractivity contribution is 6.12. The number of hydrogen-bond donors (Lipinski definition) is 0. The molecule has 0 saturated heterocycles. The van der Waals surface area contributed by atoms with Crippen LogP contribution in [0.4, 0.5) is 0 Å². The molecule has 0 aliphatic heterocycles. The molecule has 0 bridgehead atoms. The molecule has 0 N–H and O–H groups in total. The molecule has 6 aromatic carbocycles. The van der Waals surface area contributed by atoms with Crippen molar-refractivity contribution in [1.82, 2.24) is 14.5 Å². The second-order valence-electron chi connectivity index (χ2n) is 11.4. The summed E-state index contributed by atoms with van der Waals surface area (Å²) in [5.74, 6) is 0.584. The van der Waals surface area contributed by atoms with E-state index in [1.807, 2.05) is 36.4 Å². The fourth-order valence-corrected chi connectivity index (χ4v) is 6.85. The van der Waals surface area contributed by atoms with Gasteiger partial charge in [0.1, 0.15) is 22.3 Å². The van der Waals surface area contributed by atoms with E-state index in [1.165, 1.54) is 0 Å². The summed E-state index contributed by atoms with van der Waals surface area (Å²) in [6, 6.07) is 47.7. The van der Waals surface area contributed by atoms with Crippen molar-refractivity contribution in [3.8, 4) is 28.5 Å². The van der Waals surface area contributed by atoms with Crippen LogP contribution in [0.2, 0.25) is 0 Å². The Bertz CT molecular complexity index is 2600. The number of rotatable bonds is 3. The molecule has 10 rings (SSSR count). The average molecular weight is 578 g/mol. The summed E-state index contributed by atoms with van der Waals surface area (Å²) < 4.78 is 15.1.